The molecule has 0 aliphatic carbocycles. The summed E-state index contributed by atoms with van der Waals surface area (Å²) in [4.78, 5) is 11.9. The van der Waals surface area contributed by atoms with E-state index in [4.69, 9.17) is 9.15 Å². The number of aromatic hydroxyl groups is 1. The summed E-state index contributed by atoms with van der Waals surface area (Å²) >= 11 is 0. The largest absolute Gasteiger partial charge is 0.508 e. The topological polar surface area (TPSA) is 59.7 Å². The number of phenols is 1. The summed E-state index contributed by atoms with van der Waals surface area (Å²) in [7, 11) is 0. The molecular formula is C19H16O4. The highest BCUT2D eigenvalue weighted by molar-refractivity contribution is 5.86. The van der Waals surface area contributed by atoms with Gasteiger partial charge in [0.2, 0.25) is 0 Å². The number of esters is 1. The molecule has 4 nitrogen and oxygen atoms in total. The van der Waals surface area contributed by atoms with Crippen LogP contribution in [-0.4, -0.2) is 17.7 Å². The maximum atomic E-state index is 11.9. The Morgan fingerprint density at radius 2 is 2.00 bits per heavy atom. The van der Waals surface area contributed by atoms with Gasteiger partial charge in [0.25, 0.3) is 0 Å². The van der Waals surface area contributed by atoms with E-state index in [2.05, 4.69) is 0 Å². The van der Waals surface area contributed by atoms with Gasteiger partial charge in [0.15, 0.2) is 0 Å². The molecule has 3 rings (SSSR count). The molecule has 0 aliphatic rings. The fraction of sp³-hybridized carbons (Fsp3) is 0.105. The lowest BCUT2D eigenvalue weighted by molar-refractivity contribution is -0.141. The zero-order chi connectivity index (χ0) is 16.1. The van der Waals surface area contributed by atoms with Crippen LogP contribution in [0, 0.1) is 0 Å². The third-order valence-electron chi connectivity index (χ3n) is 3.42. The van der Waals surface area contributed by atoms with E-state index >= 15 is 0 Å². The molecule has 0 saturated heterocycles. The summed E-state index contributed by atoms with van der Waals surface area (Å²) in [6, 6.07) is 14.6. The summed E-state index contributed by atoms with van der Waals surface area (Å²) in [5.74, 6) is -0.189. The van der Waals surface area contributed by atoms with E-state index in [1.807, 2.05) is 36.4 Å². The average Bonchev–Trinajstić information content (AvgIpc) is 2.94. The molecule has 1 aromatic heterocycles. The van der Waals surface area contributed by atoms with Gasteiger partial charge in [-0.05, 0) is 23.8 Å². The number of carbonyl (C=O) groups is 1. The SMILES string of the molecule is O=C(Cc1coc2cc(O)ccc12)OCC=Cc1ccccc1. The van der Waals surface area contributed by atoms with Gasteiger partial charge in [-0.15, -0.1) is 0 Å². The summed E-state index contributed by atoms with van der Waals surface area (Å²) in [6.45, 7) is 0.226. The molecule has 0 bridgehead atoms. The molecule has 0 fully saturated rings. The van der Waals surface area contributed by atoms with E-state index in [0.29, 0.717) is 5.58 Å². The summed E-state index contributed by atoms with van der Waals surface area (Å²) in [5, 5.41) is 10.2. The first-order chi connectivity index (χ1) is 11.2. The highest BCUT2D eigenvalue weighted by atomic mass is 16.5. The van der Waals surface area contributed by atoms with Gasteiger partial charge in [0, 0.05) is 17.0 Å². The number of ether oxygens (including phenoxy) is 1. The second-order valence-electron chi connectivity index (χ2n) is 5.11. The minimum absolute atomic E-state index is 0.132. The second-order valence-corrected chi connectivity index (χ2v) is 5.11. The number of rotatable bonds is 5. The molecule has 0 unspecified atom stereocenters. The average molecular weight is 308 g/mol. The van der Waals surface area contributed by atoms with Gasteiger partial charge in [0.1, 0.15) is 17.9 Å². The van der Waals surface area contributed by atoms with Crippen molar-refractivity contribution in [2.24, 2.45) is 0 Å². The number of hydrogen-bond donors (Lipinski definition) is 1. The molecule has 116 valence electrons. The third kappa shape index (κ3) is 3.80. The first kappa shape index (κ1) is 14.9. The van der Waals surface area contributed by atoms with Crippen molar-refractivity contribution in [2.45, 2.75) is 6.42 Å². The predicted molar refractivity (Wildman–Crippen MR) is 88.0 cm³/mol. The molecule has 3 aromatic rings. The van der Waals surface area contributed by atoms with Gasteiger partial charge in [-0.2, -0.15) is 0 Å². The standard InChI is InChI=1S/C19H16O4/c20-16-8-9-17-15(13-23-18(17)12-16)11-19(21)22-10-4-7-14-5-2-1-3-6-14/h1-9,12-13,20H,10-11H2. The molecule has 0 spiro atoms. The van der Waals surface area contributed by atoms with Crippen LogP contribution >= 0.6 is 0 Å². The fourth-order valence-corrected chi connectivity index (χ4v) is 2.30. The van der Waals surface area contributed by atoms with Crippen LogP contribution in [0.25, 0.3) is 17.0 Å². The number of fused-ring (bicyclic) bond motifs is 1. The minimum atomic E-state index is -0.321. The van der Waals surface area contributed by atoms with Crippen LogP contribution in [0.2, 0.25) is 0 Å². The van der Waals surface area contributed by atoms with Crippen LogP contribution < -0.4 is 0 Å². The van der Waals surface area contributed by atoms with Crippen LogP contribution in [0.15, 0.2) is 65.3 Å². The van der Waals surface area contributed by atoms with Crippen molar-refractivity contribution >= 4 is 23.0 Å². The molecule has 1 heterocycles. The minimum Gasteiger partial charge on any atom is -0.508 e. The Hall–Kier alpha value is -3.01. The Morgan fingerprint density at radius 1 is 1.17 bits per heavy atom. The molecule has 0 saturated carbocycles. The van der Waals surface area contributed by atoms with Crippen molar-refractivity contribution in [3.8, 4) is 5.75 Å². The predicted octanol–water partition coefficient (Wildman–Crippen LogP) is 3.94. The Morgan fingerprint density at radius 3 is 2.83 bits per heavy atom. The van der Waals surface area contributed by atoms with Gasteiger partial charge in [-0.1, -0.05) is 36.4 Å². The van der Waals surface area contributed by atoms with Gasteiger partial charge in [-0.25, -0.2) is 0 Å². The van der Waals surface area contributed by atoms with Crippen molar-refractivity contribution in [1.29, 1.82) is 0 Å². The van der Waals surface area contributed by atoms with E-state index in [1.165, 1.54) is 12.3 Å². The summed E-state index contributed by atoms with van der Waals surface area (Å²) in [6.07, 6.45) is 5.37. The van der Waals surface area contributed by atoms with E-state index in [9.17, 15) is 9.90 Å². The lowest BCUT2D eigenvalue weighted by atomic mass is 10.1. The van der Waals surface area contributed by atoms with E-state index in [1.54, 1.807) is 18.2 Å². The Balaban J connectivity index is 1.55. The van der Waals surface area contributed by atoms with E-state index < -0.39 is 0 Å². The van der Waals surface area contributed by atoms with E-state index in [-0.39, 0.29) is 24.7 Å². The molecule has 0 atom stereocenters. The first-order valence-electron chi connectivity index (χ1n) is 7.29. The monoisotopic (exact) mass is 308 g/mol. The number of carbonyl (C=O) groups excluding carboxylic acids is 1. The highest BCUT2D eigenvalue weighted by Gasteiger charge is 2.11. The maximum absolute atomic E-state index is 11.9. The molecule has 2 aromatic carbocycles. The van der Waals surface area contributed by atoms with Gasteiger partial charge < -0.3 is 14.3 Å². The molecule has 0 aliphatic heterocycles. The van der Waals surface area contributed by atoms with Crippen molar-refractivity contribution in [2.75, 3.05) is 6.61 Å². The Kier molecular flexibility index (Phi) is 4.43. The zero-order valence-corrected chi connectivity index (χ0v) is 12.4. The van der Waals surface area contributed by atoms with Crippen molar-refractivity contribution < 1.29 is 19.1 Å². The molecular weight excluding hydrogens is 292 g/mol. The third-order valence-corrected chi connectivity index (χ3v) is 3.42. The van der Waals surface area contributed by atoms with Gasteiger partial charge in [-0.3, -0.25) is 4.79 Å². The first-order valence-corrected chi connectivity index (χ1v) is 7.29. The smallest absolute Gasteiger partial charge is 0.310 e. The number of benzene rings is 2. The fourth-order valence-electron chi connectivity index (χ4n) is 2.30. The van der Waals surface area contributed by atoms with Crippen molar-refractivity contribution in [3.05, 3.63) is 72.0 Å². The van der Waals surface area contributed by atoms with Gasteiger partial charge >= 0.3 is 5.97 Å². The maximum Gasteiger partial charge on any atom is 0.310 e. The molecule has 23 heavy (non-hydrogen) atoms. The van der Waals surface area contributed by atoms with Gasteiger partial charge in [0.05, 0.1) is 12.7 Å². The Labute approximate surface area is 133 Å². The Bertz CT molecular complexity index is 831. The van der Waals surface area contributed by atoms with E-state index in [0.717, 1.165) is 16.5 Å². The number of phenolic OH excluding ortho intramolecular Hbond substituents is 1. The summed E-state index contributed by atoms with van der Waals surface area (Å²) in [5.41, 5.74) is 2.36. The summed E-state index contributed by atoms with van der Waals surface area (Å²) < 4.78 is 10.5. The van der Waals surface area contributed by atoms with Crippen LogP contribution in [0.5, 0.6) is 5.75 Å². The van der Waals surface area contributed by atoms with Crippen LogP contribution in [-0.2, 0) is 16.0 Å². The number of hydrogen-bond acceptors (Lipinski definition) is 4. The highest BCUT2D eigenvalue weighted by Crippen LogP contribution is 2.25. The quantitative estimate of drug-likeness (QED) is 0.725. The molecule has 0 radical (unpaired) electrons. The van der Waals surface area contributed by atoms with Crippen LogP contribution in [0.1, 0.15) is 11.1 Å². The van der Waals surface area contributed by atoms with Crippen LogP contribution in [0.3, 0.4) is 0 Å². The van der Waals surface area contributed by atoms with Crippen molar-refractivity contribution in [3.63, 3.8) is 0 Å². The zero-order valence-electron chi connectivity index (χ0n) is 12.4. The molecule has 0 amide bonds. The molecule has 4 heteroatoms. The lowest BCUT2D eigenvalue weighted by Gasteiger charge is -2.01. The number of furan rings is 1. The lowest BCUT2D eigenvalue weighted by Crippen LogP contribution is -2.07. The van der Waals surface area contributed by atoms with Crippen LogP contribution in [0.4, 0.5) is 0 Å². The second kappa shape index (κ2) is 6.83. The normalized spacial score (nSPS) is 11.1. The van der Waals surface area contributed by atoms with Crippen molar-refractivity contribution in [1.82, 2.24) is 0 Å². The molecule has 1 N–H and O–H groups in total.